The summed E-state index contributed by atoms with van der Waals surface area (Å²) < 4.78 is 5.27. The summed E-state index contributed by atoms with van der Waals surface area (Å²) in [4.78, 5) is 6.99. The molecule has 25 heavy (non-hydrogen) atoms. The Hall–Kier alpha value is -1.02. The number of guanidine groups is 1. The number of benzene rings is 1. The zero-order valence-corrected chi connectivity index (χ0v) is 17.7. The Kier molecular flexibility index (Phi) is 8.29. The van der Waals surface area contributed by atoms with E-state index in [4.69, 9.17) is 4.74 Å². The molecule has 2 saturated carbocycles. The molecular formula is C19H31IN4O. The highest BCUT2D eigenvalue weighted by molar-refractivity contribution is 14.0. The lowest BCUT2D eigenvalue weighted by Gasteiger charge is -2.22. The number of hydrogen-bond donors (Lipinski definition) is 2. The summed E-state index contributed by atoms with van der Waals surface area (Å²) >= 11 is 0. The van der Waals surface area contributed by atoms with Gasteiger partial charge in [0.2, 0.25) is 0 Å². The standard InChI is InChI=1S/C19H30N4O.HI/c1-20-19(22-13-16-4-3-5-18(12-16)24-2)21-10-11-23(17-8-9-17)14-15-6-7-15;/h3-5,12,15,17H,6-11,13-14H2,1-2H3,(H2,20,21,22);1H. The fourth-order valence-electron chi connectivity index (χ4n) is 3.00. The average Bonchev–Trinajstić information content (AvgIpc) is 3.50. The summed E-state index contributed by atoms with van der Waals surface area (Å²) in [6.45, 7) is 4.09. The summed E-state index contributed by atoms with van der Waals surface area (Å²) in [6.07, 6.45) is 5.63. The highest BCUT2D eigenvalue weighted by Crippen LogP contribution is 2.34. The molecule has 0 bridgehead atoms. The van der Waals surface area contributed by atoms with Gasteiger partial charge < -0.3 is 15.4 Å². The number of nitrogens with one attached hydrogen (secondary N) is 2. The molecule has 2 aliphatic carbocycles. The molecule has 0 amide bonds. The first kappa shape index (κ1) is 20.3. The van der Waals surface area contributed by atoms with Gasteiger partial charge in [-0.25, -0.2) is 0 Å². The van der Waals surface area contributed by atoms with Gasteiger partial charge in [0.25, 0.3) is 0 Å². The number of hydrogen-bond acceptors (Lipinski definition) is 3. The SMILES string of the molecule is CN=C(NCCN(CC1CC1)C1CC1)NCc1cccc(OC)c1.I. The predicted octanol–water partition coefficient (Wildman–Crippen LogP) is 2.85. The highest BCUT2D eigenvalue weighted by Gasteiger charge is 2.33. The molecule has 0 aliphatic heterocycles. The van der Waals surface area contributed by atoms with E-state index < -0.39 is 0 Å². The summed E-state index contributed by atoms with van der Waals surface area (Å²) in [5.74, 6) is 2.72. The molecule has 2 fully saturated rings. The van der Waals surface area contributed by atoms with Crippen molar-refractivity contribution in [3.63, 3.8) is 0 Å². The van der Waals surface area contributed by atoms with Gasteiger partial charge in [-0.05, 0) is 49.3 Å². The smallest absolute Gasteiger partial charge is 0.191 e. The molecular weight excluding hydrogens is 427 g/mol. The molecule has 1 aromatic rings. The Morgan fingerprint density at radius 2 is 2.04 bits per heavy atom. The van der Waals surface area contributed by atoms with Crippen LogP contribution < -0.4 is 15.4 Å². The third-order valence-electron chi connectivity index (χ3n) is 4.76. The van der Waals surface area contributed by atoms with E-state index in [1.165, 1.54) is 37.8 Å². The normalized spacial score (nSPS) is 17.2. The zero-order valence-electron chi connectivity index (χ0n) is 15.3. The number of ether oxygens (including phenoxy) is 1. The third kappa shape index (κ3) is 7.01. The molecule has 0 saturated heterocycles. The molecule has 2 aliphatic rings. The van der Waals surface area contributed by atoms with Gasteiger partial charge in [-0.2, -0.15) is 0 Å². The molecule has 140 valence electrons. The van der Waals surface area contributed by atoms with E-state index in [9.17, 15) is 0 Å². The molecule has 0 unspecified atom stereocenters. The van der Waals surface area contributed by atoms with E-state index in [-0.39, 0.29) is 24.0 Å². The third-order valence-corrected chi connectivity index (χ3v) is 4.76. The number of methoxy groups -OCH3 is 1. The molecule has 3 rings (SSSR count). The van der Waals surface area contributed by atoms with Crippen LogP contribution in [0, 0.1) is 5.92 Å². The van der Waals surface area contributed by atoms with E-state index in [0.29, 0.717) is 0 Å². The molecule has 0 radical (unpaired) electrons. The van der Waals surface area contributed by atoms with Crippen LogP contribution in [0.1, 0.15) is 31.2 Å². The van der Waals surface area contributed by atoms with E-state index in [1.807, 2.05) is 25.2 Å². The van der Waals surface area contributed by atoms with Gasteiger partial charge in [0.1, 0.15) is 5.75 Å². The zero-order chi connectivity index (χ0) is 16.8. The molecule has 1 aromatic carbocycles. The predicted molar refractivity (Wildman–Crippen MR) is 114 cm³/mol. The highest BCUT2D eigenvalue weighted by atomic mass is 127. The first-order valence-electron chi connectivity index (χ1n) is 9.10. The Morgan fingerprint density at radius 3 is 2.68 bits per heavy atom. The van der Waals surface area contributed by atoms with Crippen molar-refractivity contribution in [2.75, 3.05) is 33.8 Å². The lowest BCUT2D eigenvalue weighted by molar-refractivity contribution is 0.256. The van der Waals surface area contributed by atoms with Gasteiger partial charge in [0, 0.05) is 39.3 Å². The number of rotatable bonds is 9. The quantitative estimate of drug-likeness (QED) is 0.340. The second kappa shape index (κ2) is 10.2. The minimum Gasteiger partial charge on any atom is -0.497 e. The van der Waals surface area contributed by atoms with Crippen LogP contribution >= 0.6 is 24.0 Å². The van der Waals surface area contributed by atoms with Gasteiger partial charge in [-0.15, -0.1) is 24.0 Å². The summed E-state index contributed by atoms with van der Waals surface area (Å²) in [7, 11) is 3.52. The van der Waals surface area contributed by atoms with E-state index in [2.05, 4.69) is 26.6 Å². The fraction of sp³-hybridized carbons (Fsp3) is 0.632. The van der Waals surface area contributed by atoms with Crippen LogP contribution in [-0.2, 0) is 6.54 Å². The second-order valence-electron chi connectivity index (χ2n) is 6.87. The molecule has 2 N–H and O–H groups in total. The van der Waals surface area contributed by atoms with Crippen molar-refractivity contribution >= 4 is 29.9 Å². The van der Waals surface area contributed by atoms with Crippen LogP contribution in [0.4, 0.5) is 0 Å². The Balaban J connectivity index is 0.00000225. The minimum atomic E-state index is 0. The lowest BCUT2D eigenvalue weighted by Crippen LogP contribution is -2.42. The summed E-state index contributed by atoms with van der Waals surface area (Å²) in [5, 5.41) is 6.81. The van der Waals surface area contributed by atoms with Crippen molar-refractivity contribution in [1.29, 1.82) is 0 Å². The van der Waals surface area contributed by atoms with Crippen LogP contribution in [0.15, 0.2) is 29.3 Å². The first-order valence-corrected chi connectivity index (χ1v) is 9.10. The van der Waals surface area contributed by atoms with Crippen molar-refractivity contribution in [2.45, 2.75) is 38.3 Å². The molecule has 6 heteroatoms. The van der Waals surface area contributed by atoms with Gasteiger partial charge in [0.05, 0.1) is 7.11 Å². The van der Waals surface area contributed by atoms with Gasteiger partial charge in [0.15, 0.2) is 5.96 Å². The maximum absolute atomic E-state index is 5.27. The summed E-state index contributed by atoms with van der Waals surface area (Å²) in [5.41, 5.74) is 1.19. The van der Waals surface area contributed by atoms with Gasteiger partial charge in [-0.1, -0.05) is 12.1 Å². The average molecular weight is 458 g/mol. The van der Waals surface area contributed by atoms with E-state index in [1.54, 1.807) is 7.11 Å². The van der Waals surface area contributed by atoms with Crippen LogP contribution in [0.25, 0.3) is 0 Å². The van der Waals surface area contributed by atoms with E-state index >= 15 is 0 Å². The Labute approximate surface area is 168 Å². The topological polar surface area (TPSA) is 48.9 Å². The maximum atomic E-state index is 5.27. The monoisotopic (exact) mass is 458 g/mol. The second-order valence-corrected chi connectivity index (χ2v) is 6.87. The van der Waals surface area contributed by atoms with Crippen molar-refractivity contribution in [1.82, 2.24) is 15.5 Å². The number of nitrogens with zero attached hydrogens (tertiary/aromatic N) is 2. The van der Waals surface area contributed by atoms with Crippen molar-refractivity contribution in [3.8, 4) is 5.75 Å². The van der Waals surface area contributed by atoms with E-state index in [0.717, 1.165) is 43.3 Å². The Bertz CT molecular complexity index is 558. The largest absolute Gasteiger partial charge is 0.497 e. The number of halogens is 1. The molecule has 0 atom stereocenters. The summed E-state index contributed by atoms with van der Waals surface area (Å²) in [6, 6.07) is 8.96. The minimum absolute atomic E-state index is 0. The van der Waals surface area contributed by atoms with Crippen LogP contribution in [-0.4, -0.2) is 50.7 Å². The molecule has 0 aromatic heterocycles. The van der Waals surface area contributed by atoms with Crippen molar-refractivity contribution in [3.05, 3.63) is 29.8 Å². The van der Waals surface area contributed by atoms with Crippen molar-refractivity contribution < 1.29 is 4.74 Å². The fourth-order valence-corrected chi connectivity index (χ4v) is 3.00. The van der Waals surface area contributed by atoms with Gasteiger partial charge in [-0.3, -0.25) is 9.89 Å². The molecule has 0 spiro atoms. The number of aliphatic imine (C=N–C) groups is 1. The van der Waals surface area contributed by atoms with Crippen LogP contribution in [0.3, 0.4) is 0 Å². The first-order chi connectivity index (χ1) is 11.8. The van der Waals surface area contributed by atoms with Crippen LogP contribution in [0.2, 0.25) is 0 Å². The van der Waals surface area contributed by atoms with Crippen molar-refractivity contribution in [2.24, 2.45) is 10.9 Å². The van der Waals surface area contributed by atoms with Crippen LogP contribution in [0.5, 0.6) is 5.75 Å². The molecule has 5 nitrogen and oxygen atoms in total. The Morgan fingerprint density at radius 1 is 1.24 bits per heavy atom. The lowest BCUT2D eigenvalue weighted by atomic mass is 10.2. The van der Waals surface area contributed by atoms with Gasteiger partial charge >= 0.3 is 0 Å². The molecule has 0 heterocycles. The maximum Gasteiger partial charge on any atom is 0.191 e.